The average Bonchev–Trinajstić information content (AvgIpc) is 2.95. The fourth-order valence-electron chi connectivity index (χ4n) is 1.87. The van der Waals surface area contributed by atoms with E-state index < -0.39 is 0 Å². The van der Waals surface area contributed by atoms with Gasteiger partial charge in [0.2, 0.25) is 5.16 Å². The van der Waals surface area contributed by atoms with Crippen molar-refractivity contribution in [1.29, 1.82) is 0 Å². The number of hydrogen-bond acceptors (Lipinski definition) is 3. The van der Waals surface area contributed by atoms with E-state index in [0.29, 0.717) is 32.3 Å². The molecule has 3 rings (SSSR count). The third-order valence-corrected chi connectivity index (χ3v) is 4.36. The van der Waals surface area contributed by atoms with Gasteiger partial charge in [0.15, 0.2) is 5.82 Å². The predicted octanol–water partition coefficient (Wildman–Crippen LogP) is 4.80. The molecular formula is C15H10BrF2N3S. The third-order valence-electron chi connectivity index (χ3n) is 2.97. The zero-order valence-corrected chi connectivity index (χ0v) is 13.6. The van der Waals surface area contributed by atoms with Gasteiger partial charge in [-0.25, -0.2) is 13.8 Å². The molecule has 0 unspecified atom stereocenters. The zero-order valence-electron chi connectivity index (χ0n) is 11.2. The molecule has 3 nitrogen and oxygen atoms in total. The number of aromatic nitrogens is 3. The van der Waals surface area contributed by atoms with Crippen LogP contribution in [-0.4, -0.2) is 15.2 Å². The Labute approximate surface area is 138 Å². The number of nitrogens with one attached hydrogen (secondary N) is 1. The normalized spacial score (nSPS) is 10.9. The Bertz CT molecular complexity index is 807. The molecule has 0 fully saturated rings. The topological polar surface area (TPSA) is 41.6 Å². The van der Waals surface area contributed by atoms with Crippen LogP contribution in [0.1, 0.15) is 5.56 Å². The highest BCUT2D eigenvalue weighted by atomic mass is 79.9. The van der Waals surface area contributed by atoms with Crippen LogP contribution in [0.2, 0.25) is 0 Å². The van der Waals surface area contributed by atoms with Crippen LogP contribution in [0, 0.1) is 11.6 Å². The van der Waals surface area contributed by atoms with E-state index in [1.54, 1.807) is 30.3 Å². The molecule has 0 amide bonds. The largest absolute Gasteiger partial charge is 0.258 e. The van der Waals surface area contributed by atoms with Gasteiger partial charge >= 0.3 is 0 Å². The fraction of sp³-hybridized carbons (Fsp3) is 0.0667. The summed E-state index contributed by atoms with van der Waals surface area (Å²) in [6.07, 6.45) is 0. The van der Waals surface area contributed by atoms with Gasteiger partial charge < -0.3 is 0 Å². The molecule has 0 aliphatic heterocycles. The summed E-state index contributed by atoms with van der Waals surface area (Å²) in [5.41, 5.74) is 0.919. The van der Waals surface area contributed by atoms with E-state index in [1.165, 1.54) is 23.9 Å². The third kappa shape index (κ3) is 3.36. The second-order valence-corrected chi connectivity index (χ2v) is 6.33. The van der Waals surface area contributed by atoms with E-state index in [2.05, 4.69) is 31.1 Å². The summed E-state index contributed by atoms with van der Waals surface area (Å²) in [5.74, 6) is 0.103. The number of hydrogen-bond donors (Lipinski definition) is 1. The smallest absolute Gasteiger partial charge is 0.209 e. The van der Waals surface area contributed by atoms with Crippen LogP contribution >= 0.6 is 27.7 Å². The Morgan fingerprint density at radius 3 is 2.68 bits per heavy atom. The van der Waals surface area contributed by atoms with Crippen LogP contribution < -0.4 is 0 Å². The van der Waals surface area contributed by atoms with Crippen LogP contribution in [0.5, 0.6) is 0 Å². The molecule has 0 aliphatic carbocycles. The number of H-pyrrole nitrogens is 1. The maximum atomic E-state index is 13.7. The molecule has 0 saturated carbocycles. The zero-order chi connectivity index (χ0) is 15.5. The van der Waals surface area contributed by atoms with Crippen molar-refractivity contribution in [1.82, 2.24) is 15.2 Å². The van der Waals surface area contributed by atoms with Gasteiger partial charge in [-0.05, 0) is 29.8 Å². The molecule has 1 heterocycles. The molecule has 0 spiro atoms. The van der Waals surface area contributed by atoms with E-state index in [9.17, 15) is 8.78 Å². The molecule has 0 saturated heterocycles. The van der Waals surface area contributed by atoms with Crippen molar-refractivity contribution in [2.45, 2.75) is 10.9 Å². The summed E-state index contributed by atoms with van der Waals surface area (Å²) in [4.78, 5) is 4.23. The first-order chi connectivity index (χ1) is 10.6. The van der Waals surface area contributed by atoms with Gasteiger partial charge in [-0.1, -0.05) is 45.9 Å². The number of halogens is 3. The van der Waals surface area contributed by atoms with Crippen molar-refractivity contribution >= 4 is 27.7 Å². The van der Waals surface area contributed by atoms with Crippen LogP contribution in [0.4, 0.5) is 8.78 Å². The molecule has 112 valence electrons. The molecule has 0 radical (unpaired) electrons. The van der Waals surface area contributed by atoms with Gasteiger partial charge in [0.05, 0.1) is 5.56 Å². The average molecular weight is 382 g/mol. The van der Waals surface area contributed by atoms with E-state index >= 15 is 0 Å². The van der Waals surface area contributed by atoms with Gasteiger partial charge in [0.25, 0.3) is 0 Å². The lowest BCUT2D eigenvalue weighted by molar-refractivity contribution is 0.616. The minimum Gasteiger partial charge on any atom is -0.258 e. The summed E-state index contributed by atoms with van der Waals surface area (Å²) in [6.45, 7) is 0. The van der Waals surface area contributed by atoms with Crippen molar-refractivity contribution in [3.8, 4) is 11.4 Å². The molecule has 22 heavy (non-hydrogen) atoms. The lowest BCUT2D eigenvalue weighted by atomic mass is 10.2. The Balaban J connectivity index is 1.74. The Morgan fingerprint density at radius 2 is 1.91 bits per heavy atom. The molecule has 0 bridgehead atoms. The minimum absolute atomic E-state index is 0.285. The second kappa shape index (κ2) is 6.58. The predicted molar refractivity (Wildman–Crippen MR) is 85.4 cm³/mol. The number of rotatable bonds is 4. The van der Waals surface area contributed by atoms with Gasteiger partial charge in [0, 0.05) is 10.2 Å². The summed E-state index contributed by atoms with van der Waals surface area (Å²) in [7, 11) is 0. The van der Waals surface area contributed by atoms with Gasteiger partial charge in [-0.15, -0.1) is 5.10 Å². The SMILES string of the molecule is Fc1cc(Br)ccc1CSc1n[nH]c(-c2ccccc2F)n1. The standard InChI is InChI=1S/C15H10BrF2N3S/c16-10-6-5-9(13(18)7-10)8-22-15-19-14(20-21-15)11-3-1-2-4-12(11)17/h1-7H,8H2,(H,19,20,21). The van der Waals surface area contributed by atoms with E-state index in [-0.39, 0.29) is 11.6 Å². The molecule has 1 aromatic heterocycles. The molecular weight excluding hydrogens is 372 g/mol. The molecule has 7 heteroatoms. The van der Waals surface area contributed by atoms with Gasteiger partial charge in [0.1, 0.15) is 11.6 Å². The second-order valence-electron chi connectivity index (χ2n) is 4.47. The van der Waals surface area contributed by atoms with Crippen molar-refractivity contribution in [2.75, 3.05) is 0 Å². The van der Waals surface area contributed by atoms with E-state index in [1.807, 2.05) is 0 Å². The molecule has 0 atom stereocenters. The fourth-order valence-corrected chi connectivity index (χ4v) is 2.98. The number of benzene rings is 2. The Hall–Kier alpha value is -1.73. The van der Waals surface area contributed by atoms with Crippen molar-refractivity contribution in [2.24, 2.45) is 0 Å². The molecule has 1 N–H and O–H groups in total. The Morgan fingerprint density at radius 1 is 1.09 bits per heavy atom. The Kier molecular flexibility index (Phi) is 4.54. The van der Waals surface area contributed by atoms with Gasteiger partial charge in [-0.3, -0.25) is 5.10 Å². The minimum atomic E-state index is -0.367. The van der Waals surface area contributed by atoms with Crippen LogP contribution in [0.25, 0.3) is 11.4 Å². The quantitative estimate of drug-likeness (QED) is 0.659. The first-order valence-corrected chi connectivity index (χ1v) is 8.15. The highest BCUT2D eigenvalue weighted by Gasteiger charge is 2.11. The highest BCUT2D eigenvalue weighted by Crippen LogP contribution is 2.25. The van der Waals surface area contributed by atoms with Crippen LogP contribution in [0.3, 0.4) is 0 Å². The maximum absolute atomic E-state index is 13.7. The van der Waals surface area contributed by atoms with E-state index in [4.69, 9.17) is 0 Å². The molecule has 0 aliphatic rings. The number of thioether (sulfide) groups is 1. The maximum Gasteiger partial charge on any atom is 0.209 e. The van der Waals surface area contributed by atoms with Gasteiger partial charge in [-0.2, -0.15) is 0 Å². The van der Waals surface area contributed by atoms with Crippen LogP contribution in [-0.2, 0) is 5.75 Å². The summed E-state index contributed by atoms with van der Waals surface area (Å²) < 4.78 is 28.1. The first kappa shape index (κ1) is 15.2. The summed E-state index contributed by atoms with van der Waals surface area (Å²) in [5, 5.41) is 7.17. The molecule has 3 aromatic rings. The first-order valence-electron chi connectivity index (χ1n) is 6.37. The lowest BCUT2D eigenvalue weighted by Crippen LogP contribution is -1.88. The number of aromatic amines is 1. The highest BCUT2D eigenvalue weighted by molar-refractivity contribution is 9.10. The summed E-state index contributed by atoms with van der Waals surface area (Å²) >= 11 is 4.50. The van der Waals surface area contributed by atoms with E-state index in [0.717, 1.165) is 0 Å². The van der Waals surface area contributed by atoms with Crippen molar-refractivity contribution < 1.29 is 8.78 Å². The molecule has 2 aromatic carbocycles. The van der Waals surface area contributed by atoms with Crippen molar-refractivity contribution in [3.63, 3.8) is 0 Å². The summed E-state index contributed by atoms with van der Waals surface area (Å²) in [6, 6.07) is 11.2. The monoisotopic (exact) mass is 381 g/mol. The van der Waals surface area contributed by atoms with Crippen molar-refractivity contribution in [3.05, 3.63) is 64.1 Å². The van der Waals surface area contributed by atoms with Crippen LogP contribution in [0.15, 0.2) is 52.1 Å². The lowest BCUT2D eigenvalue weighted by Gasteiger charge is -2.01. The number of nitrogens with zero attached hydrogens (tertiary/aromatic N) is 2.